The fourth-order valence-electron chi connectivity index (χ4n) is 2.21. The number of benzene rings is 1. The summed E-state index contributed by atoms with van der Waals surface area (Å²) in [5, 5.41) is 4.29. The van der Waals surface area contributed by atoms with Gasteiger partial charge in [0.2, 0.25) is 0 Å². The topological polar surface area (TPSA) is 41.5 Å². The molecule has 1 aliphatic rings. The van der Waals surface area contributed by atoms with Crippen molar-refractivity contribution < 1.29 is 4.79 Å². The lowest BCUT2D eigenvalue weighted by molar-refractivity contribution is 0.0954. The van der Waals surface area contributed by atoms with E-state index in [4.69, 9.17) is 0 Å². The standard InChI is InChI=1S/C17H19BrN2O/c1-11(2)14-5-4-12(3)16(10-14)19-20-17(21)13-6-8-15(18)9-7-13/h4,6-9,14H,1,5,10H2,2-3H3,(H,20,21)/b19-16-. The van der Waals surface area contributed by atoms with Crippen molar-refractivity contribution in [2.45, 2.75) is 26.7 Å². The van der Waals surface area contributed by atoms with Crippen LogP contribution < -0.4 is 5.43 Å². The van der Waals surface area contributed by atoms with Crippen molar-refractivity contribution in [2.24, 2.45) is 11.0 Å². The van der Waals surface area contributed by atoms with Gasteiger partial charge in [0.15, 0.2) is 0 Å². The summed E-state index contributed by atoms with van der Waals surface area (Å²) in [5.41, 5.74) is 6.45. The molecular weight excluding hydrogens is 328 g/mol. The fraction of sp³-hybridized carbons (Fsp3) is 0.294. The molecule has 1 aromatic carbocycles. The summed E-state index contributed by atoms with van der Waals surface area (Å²) in [6.45, 7) is 8.08. The zero-order valence-electron chi connectivity index (χ0n) is 12.3. The average molecular weight is 347 g/mol. The van der Waals surface area contributed by atoms with E-state index in [0.29, 0.717) is 11.5 Å². The number of nitrogens with one attached hydrogen (secondary N) is 1. The Bertz CT molecular complexity index is 614. The van der Waals surface area contributed by atoms with E-state index in [1.807, 2.05) is 26.0 Å². The Hall–Kier alpha value is -1.68. The third-order valence-electron chi connectivity index (χ3n) is 3.70. The van der Waals surface area contributed by atoms with Crippen LogP contribution in [0.3, 0.4) is 0 Å². The van der Waals surface area contributed by atoms with Crippen LogP contribution >= 0.6 is 15.9 Å². The van der Waals surface area contributed by atoms with Crippen molar-refractivity contribution in [1.29, 1.82) is 0 Å². The SMILES string of the molecule is C=C(C)C1CC=C(C)/C(=N\NC(=O)c2ccc(Br)cc2)C1. The van der Waals surface area contributed by atoms with E-state index >= 15 is 0 Å². The van der Waals surface area contributed by atoms with Crippen molar-refractivity contribution in [3.63, 3.8) is 0 Å². The van der Waals surface area contributed by atoms with Crippen LogP contribution in [0.2, 0.25) is 0 Å². The number of carbonyl (C=O) groups excluding carboxylic acids is 1. The quantitative estimate of drug-likeness (QED) is 0.636. The molecular formula is C17H19BrN2O. The number of rotatable bonds is 3. The zero-order chi connectivity index (χ0) is 15.4. The Morgan fingerprint density at radius 1 is 1.38 bits per heavy atom. The smallest absolute Gasteiger partial charge is 0.267 e. The highest BCUT2D eigenvalue weighted by molar-refractivity contribution is 9.10. The first kappa shape index (κ1) is 15.7. The van der Waals surface area contributed by atoms with Crippen molar-refractivity contribution in [1.82, 2.24) is 5.43 Å². The summed E-state index contributed by atoms with van der Waals surface area (Å²) in [4.78, 5) is 12.1. The van der Waals surface area contributed by atoms with Crippen LogP contribution in [0.5, 0.6) is 0 Å². The van der Waals surface area contributed by atoms with Crippen molar-refractivity contribution in [3.8, 4) is 0 Å². The number of hydrogen-bond donors (Lipinski definition) is 1. The highest BCUT2D eigenvalue weighted by Crippen LogP contribution is 2.26. The Balaban J connectivity index is 2.07. The lowest BCUT2D eigenvalue weighted by Crippen LogP contribution is -2.23. The van der Waals surface area contributed by atoms with Gasteiger partial charge in [0.1, 0.15) is 0 Å². The van der Waals surface area contributed by atoms with E-state index in [9.17, 15) is 4.79 Å². The van der Waals surface area contributed by atoms with Crippen LogP contribution in [0.1, 0.15) is 37.0 Å². The molecule has 1 N–H and O–H groups in total. The molecule has 21 heavy (non-hydrogen) atoms. The van der Waals surface area contributed by atoms with Gasteiger partial charge in [0.25, 0.3) is 5.91 Å². The minimum absolute atomic E-state index is 0.194. The summed E-state index contributed by atoms with van der Waals surface area (Å²) >= 11 is 3.35. The maximum absolute atomic E-state index is 12.1. The Kier molecular flexibility index (Phi) is 5.12. The van der Waals surface area contributed by atoms with Crippen molar-refractivity contribution >= 4 is 27.5 Å². The monoisotopic (exact) mass is 346 g/mol. The molecule has 110 valence electrons. The van der Waals surface area contributed by atoms with Gasteiger partial charge in [-0.15, -0.1) is 0 Å². The molecule has 0 heterocycles. The van der Waals surface area contributed by atoms with Crippen LogP contribution in [-0.4, -0.2) is 11.6 Å². The number of nitrogens with zero attached hydrogens (tertiary/aromatic N) is 1. The lowest BCUT2D eigenvalue weighted by atomic mass is 9.85. The van der Waals surface area contributed by atoms with Crippen molar-refractivity contribution in [2.75, 3.05) is 0 Å². The molecule has 0 aromatic heterocycles. The van der Waals surface area contributed by atoms with Crippen molar-refractivity contribution in [3.05, 3.63) is 58.1 Å². The first-order valence-corrected chi connectivity index (χ1v) is 7.71. The van der Waals surface area contributed by atoms with E-state index in [1.165, 1.54) is 0 Å². The Morgan fingerprint density at radius 3 is 2.67 bits per heavy atom. The molecule has 0 aliphatic heterocycles. The van der Waals surface area contributed by atoms with Crippen LogP contribution in [0, 0.1) is 5.92 Å². The molecule has 3 nitrogen and oxygen atoms in total. The molecule has 1 unspecified atom stereocenters. The molecule has 1 aromatic rings. The number of hydrazone groups is 1. The van der Waals surface area contributed by atoms with Crippen LogP contribution in [0.4, 0.5) is 0 Å². The minimum atomic E-state index is -0.194. The molecule has 0 saturated carbocycles. The molecule has 1 atom stereocenters. The normalized spacial score (nSPS) is 20.0. The van der Waals surface area contributed by atoms with Gasteiger partial charge in [-0.05, 0) is 62.4 Å². The average Bonchev–Trinajstić information content (AvgIpc) is 2.46. The molecule has 0 saturated heterocycles. The summed E-state index contributed by atoms with van der Waals surface area (Å²) in [6.07, 6.45) is 3.99. The highest BCUT2D eigenvalue weighted by Gasteiger charge is 2.18. The maximum atomic E-state index is 12.1. The molecule has 1 aliphatic carbocycles. The number of amides is 1. The van der Waals surface area contributed by atoms with Crippen LogP contribution in [0.25, 0.3) is 0 Å². The first-order chi connectivity index (χ1) is 9.97. The van der Waals surface area contributed by atoms with Gasteiger partial charge in [0.05, 0.1) is 5.71 Å². The van der Waals surface area contributed by atoms with Gasteiger partial charge in [-0.1, -0.05) is 34.2 Å². The lowest BCUT2D eigenvalue weighted by Gasteiger charge is -2.22. The minimum Gasteiger partial charge on any atom is -0.267 e. The van der Waals surface area contributed by atoms with E-state index < -0.39 is 0 Å². The van der Waals surface area contributed by atoms with Gasteiger partial charge in [-0.2, -0.15) is 5.10 Å². The maximum Gasteiger partial charge on any atom is 0.271 e. The summed E-state index contributed by atoms with van der Waals surface area (Å²) < 4.78 is 0.945. The fourth-order valence-corrected chi connectivity index (χ4v) is 2.47. The largest absolute Gasteiger partial charge is 0.271 e. The zero-order valence-corrected chi connectivity index (χ0v) is 13.9. The van der Waals surface area contributed by atoms with E-state index in [2.05, 4.69) is 39.1 Å². The molecule has 0 spiro atoms. The predicted molar refractivity (Wildman–Crippen MR) is 90.3 cm³/mol. The summed E-state index contributed by atoms with van der Waals surface area (Å²) in [5.74, 6) is 0.220. The van der Waals surface area contributed by atoms with Gasteiger partial charge < -0.3 is 0 Å². The number of carbonyl (C=O) groups is 1. The van der Waals surface area contributed by atoms with Crippen LogP contribution in [-0.2, 0) is 0 Å². The molecule has 1 amide bonds. The van der Waals surface area contributed by atoms with Gasteiger partial charge in [-0.25, -0.2) is 5.43 Å². The predicted octanol–water partition coefficient (Wildman–Crippen LogP) is 4.47. The number of halogens is 1. The third kappa shape index (κ3) is 4.14. The number of allylic oxidation sites excluding steroid dienone is 3. The molecule has 0 fully saturated rings. The van der Waals surface area contributed by atoms with E-state index in [1.54, 1.807) is 12.1 Å². The van der Waals surface area contributed by atoms with Gasteiger partial charge >= 0.3 is 0 Å². The molecule has 4 heteroatoms. The second kappa shape index (κ2) is 6.85. The second-order valence-corrected chi connectivity index (χ2v) is 6.29. The first-order valence-electron chi connectivity index (χ1n) is 6.92. The summed E-state index contributed by atoms with van der Waals surface area (Å²) in [6, 6.07) is 7.20. The van der Waals surface area contributed by atoms with E-state index in [0.717, 1.165) is 34.2 Å². The second-order valence-electron chi connectivity index (χ2n) is 5.38. The number of hydrogen-bond acceptors (Lipinski definition) is 2. The highest BCUT2D eigenvalue weighted by atomic mass is 79.9. The molecule has 0 radical (unpaired) electrons. The van der Waals surface area contributed by atoms with Gasteiger partial charge in [-0.3, -0.25) is 4.79 Å². The molecule has 2 rings (SSSR count). The summed E-state index contributed by atoms with van der Waals surface area (Å²) in [7, 11) is 0. The Morgan fingerprint density at radius 2 is 2.05 bits per heavy atom. The molecule has 0 bridgehead atoms. The van der Waals surface area contributed by atoms with Crippen LogP contribution in [0.15, 0.2) is 57.6 Å². The Labute approximate surface area is 134 Å². The third-order valence-corrected chi connectivity index (χ3v) is 4.23. The van der Waals surface area contributed by atoms with Gasteiger partial charge in [0, 0.05) is 10.0 Å². The van der Waals surface area contributed by atoms with E-state index in [-0.39, 0.29) is 5.91 Å².